The number of aromatic nitrogens is 2. The topological polar surface area (TPSA) is 44.1 Å². The Morgan fingerprint density at radius 2 is 2.28 bits per heavy atom. The highest BCUT2D eigenvalue weighted by Crippen LogP contribution is 2.20. The number of benzene rings is 1. The van der Waals surface area contributed by atoms with Gasteiger partial charge in [0.25, 0.3) is 0 Å². The highest BCUT2D eigenvalue weighted by molar-refractivity contribution is 6.32. The number of hydrogen-bond acceptors (Lipinski definition) is 3. The molecule has 0 N–H and O–H groups in total. The van der Waals surface area contributed by atoms with E-state index in [4.69, 9.17) is 16.3 Å². The molecular weight excluding hydrogens is 252 g/mol. The number of rotatable bonds is 4. The van der Waals surface area contributed by atoms with E-state index in [2.05, 4.69) is 5.10 Å². The Balaban J connectivity index is 2.31. The fourth-order valence-electron chi connectivity index (χ4n) is 1.75. The van der Waals surface area contributed by atoms with Crippen molar-refractivity contribution in [3.63, 3.8) is 0 Å². The van der Waals surface area contributed by atoms with Crippen molar-refractivity contribution in [3.05, 3.63) is 46.2 Å². The Morgan fingerprint density at radius 3 is 2.89 bits per heavy atom. The van der Waals surface area contributed by atoms with Gasteiger partial charge in [-0.1, -0.05) is 23.7 Å². The minimum absolute atomic E-state index is 0.366. The third-order valence-electron chi connectivity index (χ3n) is 2.69. The molecule has 18 heavy (non-hydrogen) atoms. The van der Waals surface area contributed by atoms with Crippen LogP contribution < -0.4 is 4.74 Å². The predicted octanol–water partition coefficient (Wildman–Crippen LogP) is 2.71. The van der Waals surface area contributed by atoms with Gasteiger partial charge in [-0.25, -0.2) is 4.68 Å². The number of carbonyl (C=O) groups is 1. The van der Waals surface area contributed by atoms with E-state index in [1.54, 1.807) is 18.7 Å². The standard InChI is InChI=1S/C13H13ClN2O2/c1-9-12(8-17)13(14)16(15-9)7-10-4-3-5-11(6-10)18-2/h3-6,8H,7H2,1-2H3. The summed E-state index contributed by atoms with van der Waals surface area (Å²) in [5.74, 6) is 0.781. The van der Waals surface area contributed by atoms with Gasteiger partial charge in [0.05, 0.1) is 24.9 Å². The van der Waals surface area contributed by atoms with Crippen LogP contribution in [0.25, 0.3) is 0 Å². The summed E-state index contributed by atoms with van der Waals surface area (Å²) in [5.41, 5.74) is 2.09. The number of aryl methyl sites for hydroxylation is 1. The van der Waals surface area contributed by atoms with Crippen LogP contribution in [0, 0.1) is 6.92 Å². The maximum absolute atomic E-state index is 10.9. The summed E-state index contributed by atoms with van der Waals surface area (Å²) < 4.78 is 6.76. The molecule has 0 bridgehead atoms. The molecule has 0 aliphatic heterocycles. The third kappa shape index (κ3) is 2.38. The number of aldehydes is 1. The fourth-order valence-corrected chi connectivity index (χ4v) is 2.03. The Kier molecular flexibility index (Phi) is 3.67. The molecule has 5 heteroatoms. The van der Waals surface area contributed by atoms with E-state index < -0.39 is 0 Å². The van der Waals surface area contributed by atoms with Crippen LogP contribution in [0.5, 0.6) is 5.75 Å². The molecule has 0 saturated carbocycles. The molecule has 1 aromatic carbocycles. The van der Waals surface area contributed by atoms with Gasteiger partial charge in [0.1, 0.15) is 10.9 Å². The lowest BCUT2D eigenvalue weighted by Crippen LogP contribution is -2.02. The van der Waals surface area contributed by atoms with Gasteiger partial charge in [0.2, 0.25) is 0 Å². The number of hydrogen-bond donors (Lipinski definition) is 0. The molecule has 0 radical (unpaired) electrons. The van der Waals surface area contributed by atoms with E-state index in [1.165, 1.54) is 0 Å². The first kappa shape index (κ1) is 12.6. The van der Waals surface area contributed by atoms with Crippen LogP contribution in [0.3, 0.4) is 0 Å². The number of ether oxygens (including phenoxy) is 1. The quantitative estimate of drug-likeness (QED) is 0.798. The van der Waals surface area contributed by atoms with Gasteiger partial charge >= 0.3 is 0 Å². The highest BCUT2D eigenvalue weighted by Gasteiger charge is 2.12. The summed E-state index contributed by atoms with van der Waals surface area (Å²) >= 11 is 6.09. The molecule has 2 rings (SSSR count). The summed E-state index contributed by atoms with van der Waals surface area (Å²) in [6.45, 7) is 2.27. The Bertz CT molecular complexity index is 578. The van der Waals surface area contributed by atoms with E-state index in [1.807, 2.05) is 24.3 Å². The molecule has 0 spiro atoms. The summed E-state index contributed by atoms with van der Waals surface area (Å²) in [6.07, 6.45) is 0.729. The zero-order chi connectivity index (χ0) is 13.1. The first-order valence-electron chi connectivity index (χ1n) is 5.46. The minimum Gasteiger partial charge on any atom is -0.497 e. The van der Waals surface area contributed by atoms with Gasteiger partial charge < -0.3 is 4.74 Å². The second kappa shape index (κ2) is 5.23. The maximum atomic E-state index is 10.9. The largest absolute Gasteiger partial charge is 0.497 e. The maximum Gasteiger partial charge on any atom is 0.155 e. The predicted molar refractivity (Wildman–Crippen MR) is 69.5 cm³/mol. The van der Waals surface area contributed by atoms with Crippen LogP contribution in [0.1, 0.15) is 21.6 Å². The van der Waals surface area contributed by atoms with E-state index in [0.29, 0.717) is 23.0 Å². The zero-order valence-corrected chi connectivity index (χ0v) is 10.9. The average Bonchev–Trinajstić information content (AvgIpc) is 2.64. The monoisotopic (exact) mass is 264 g/mol. The van der Waals surface area contributed by atoms with E-state index in [0.717, 1.165) is 17.6 Å². The van der Waals surface area contributed by atoms with Crippen molar-refractivity contribution in [2.24, 2.45) is 0 Å². The lowest BCUT2D eigenvalue weighted by atomic mass is 10.2. The Hall–Kier alpha value is -1.81. The van der Waals surface area contributed by atoms with Gasteiger partial charge in [0.15, 0.2) is 6.29 Å². The summed E-state index contributed by atoms with van der Waals surface area (Å²) in [4.78, 5) is 10.9. The van der Waals surface area contributed by atoms with E-state index in [-0.39, 0.29) is 0 Å². The number of methoxy groups -OCH3 is 1. The molecule has 1 aromatic heterocycles. The molecule has 1 heterocycles. The van der Waals surface area contributed by atoms with Gasteiger partial charge in [0, 0.05) is 0 Å². The van der Waals surface area contributed by atoms with Crippen LogP contribution in [-0.4, -0.2) is 23.2 Å². The van der Waals surface area contributed by atoms with E-state index >= 15 is 0 Å². The fraction of sp³-hybridized carbons (Fsp3) is 0.231. The van der Waals surface area contributed by atoms with Crippen LogP contribution >= 0.6 is 11.6 Å². The van der Waals surface area contributed by atoms with Crippen LogP contribution in [0.4, 0.5) is 0 Å². The first-order chi connectivity index (χ1) is 8.65. The highest BCUT2D eigenvalue weighted by atomic mass is 35.5. The molecule has 0 aliphatic carbocycles. The normalized spacial score (nSPS) is 10.4. The van der Waals surface area contributed by atoms with Crippen molar-refractivity contribution in [1.29, 1.82) is 0 Å². The lowest BCUT2D eigenvalue weighted by molar-refractivity contribution is 0.112. The molecule has 0 fully saturated rings. The van der Waals surface area contributed by atoms with Gasteiger partial charge in [-0.15, -0.1) is 0 Å². The molecule has 0 aliphatic rings. The van der Waals surface area contributed by atoms with Gasteiger partial charge in [-0.05, 0) is 24.6 Å². The van der Waals surface area contributed by atoms with Gasteiger partial charge in [-0.3, -0.25) is 4.79 Å². The second-order valence-electron chi connectivity index (χ2n) is 3.92. The summed E-state index contributed by atoms with van der Waals surface area (Å²) in [6, 6.07) is 7.64. The molecule has 94 valence electrons. The SMILES string of the molecule is COc1cccc(Cn2nc(C)c(C=O)c2Cl)c1. The molecule has 4 nitrogen and oxygen atoms in total. The van der Waals surface area contributed by atoms with Crippen LogP contribution in [0.15, 0.2) is 24.3 Å². The lowest BCUT2D eigenvalue weighted by Gasteiger charge is -2.05. The Morgan fingerprint density at radius 1 is 1.50 bits per heavy atom. The molecular formula is C13H13ClN2O2. The summed E-state index contributed by atoms with van der Waals surface area (Å²) in [5, 5.41) is 4.61. The Labute approximate surface area is 110 Å². The number of nitrogens with zero attached hydrogens (tertiary/aromatic N) is 2. The van der Waals surface area contributed by atoms with Crippen molar-refractivity contribution in [3.8, 4) is 5.75 Å². The van der Waals surface area contributed by atoms with Gasteiger partial charge in [-0.2, -0.15) is 5.10 Å². The van der Waals surface area contributed by atoms with Crippen molar-refractivity contribution in [1.82, 2.24) is 9.78 Å². The number of carbonyl (C=O) groups excluding carboxylic acids is 1. The summed E-state index contributed by atoms with van der Waals surface area (Å²) in [7, 11) is 1.62. The van der Waals surface area contributed by atoms with Crippen LogP contribution in [0.2, 0.25) is 5.15 Å². The third-order valence-corrected chi connectivity index (χ3v) is 3.09. The van der Waals surface area contributed by atoms with Crippen LogP contribution in [-0.2, 0) is 6.54 Å². The molecule has 2 aromatic rings. The van der Waals surface area contributed by atoms with Crippen molar-refractivity contribution in [2.45, 2.75) is 13.5 Å². The molecule has 0 unspecified atom stereocenters. The van der Waals surface area contributed by atoms with E-state index in [9.17, 15) is 4.79 Å². The molecule has 0 saturated heterocycles. The molecule has 0 atom stereocenters. The first-order valence-corrected chi connectivity index (χ1v) is 5.84. The minimum atomic E-state index is 0.366. The van der Waals surface area contributed by atoms with Crippen molar-refractivity contribution >= 4 is 17.9 Å². The zero-order valence-electron chi connectivity index (χ0n) is 10.2. The van der Waals surface area contributed by atoms with Crippen molar-refractivity contribution < 1.29 is 9.53 Å². The second-order valence-corrected chi connectivity index (χ2v) is 4.27. The molecule has 0 amide bonds. The number of halogens is 1. The average molecular weight is 265 g/mol. The van der Waals surface area contributed by atoms with Crippen molar-refractivity contribution in [2.75, 3.05) is 7.11 Å². The smallest absolute Gasteiger partial charge is 0.155 e.